The fourth-order valence-electron chi connectivity index (χ4n) is 2.09. The van der Waals surface area contributed by atoms with Crippen molar-refractivity contribution in [2.24, 2.45) is 5.92 Å². The van der Waals surface area contributed by atoms with E-state index >= 15 is 0 Å². The molecule has 0 spiro atoms. The predicted octanol–water partition coefficient (Wildman–Crippen LogP) is 3.18. The van der Waals surface area contributed by atoms with Crippen molar-refractivity contribution < 1.29 is 0 Å². The van der Waals surface area contributed by atoms with Crippen molar-refractivity contribution in [2.75, 3.05) is 6.54 Å². The molecule has 1 saturated carbocycles. The van der Waals surface area contributed by atoms with Gasteiger partial charge in [0.2, 0.25) is 0 Å². The summed E-state index contributed by atoms with van der Waals surface area (Å²) in [6, 6.07) is 9.90. The second-order valence-corrected chi connectivity index (χ2v) is 5.40. The first-order chi connectivity index (χ1) is 7.74. The molecule has 2 rings (SSSR count). The van der Waals surface area contributed by atoms with E-state index in [1.165, 1.54) is 36.8 Å². The van der Waals surface area contributed by atoms with E-state index in [0.29, 0.717) is 0 Å². The second kappa shape index (κ2) is 5.49. The van der Waals surface area contributed by atoms with E-state index in [-0.39, 0.29) is 0 Å². The Morgan fingerprint density at radius 3 is 2.69 bits per heavy atom. The summed E-state index contributed by atoms with van der Waals surface area (Å²) in [5, 5.41) is 3.57. The summed E-state index contributed by atoms with van der Waals surface area (Å²) in [5.74, 6) is 0.750. The van der Waals surface area contributed by atoms with Crippen LogP contribution in [-0.2, 0) is 12.8 Å². The molecule has 1 nitrogen and oxygen atoms in total. The maximum absolute atomic E-state index is 3.57. The van der Waals surface area contributed by atoms with Crippen LogP contribution in [0.2, 0.25) is 0 Å². The first-order valence-corrected chi connectivity index (χ1v) is 6.55. The molecule has 0 atom stereocenters. The van der Waals surface area contributed by atoms with Gasteiger partial charge in [0.25, 0.3) is 0 Å². The highest BCUT2D eigenvalue weighted by atomic mass is 14.9. The smallest absolute Gasteiger partial charge is 0.00683 e. The van der Waals surface area contributed by atoms with E-state index in [1.807, 2.05) is 0 Å². The molecule has 0 unspecified atom stereocenters. The lowest BCUT2D eigenvalue weighted by Crippen LogP contribution is -2.19. The Morgan fingerprint density at radius 2 is 2.00 bits per heavy atom. The van der Waals surface area contributed by atoms with Gasteiger partial charge >= 0.3 is 0 Å². The molecule has 1 N–H and O–H groups in total. The van der Waals surface area contributed by atoms with Crippen LogP contribution < -0.4 is 5.32 Å². The van der Waals surface area contributed by atoms with E-state index in [1.54, 1.807) is 0 Å². The number of hydrogen-bond acceptors (Lipinski definition) is 1. The van der Waals surface area contributed by atoms with Gasteiger partial charge in [-0.15, -0.1) is 0 Å². The molecule has 1 aliphatic rings. The molecule has 1 fully saturated rings. The zero-order valence-electron chi connectivity index (χ0n) is 10.5. The van der Waals surface area contributed by atoms with Crippen molar-refractivity contribution in [1.29, 1.82) is 0 Å². The Balaban J connectivity index is 1.82. The molecule has 0 heterocycles. The van der Waals surface area contributed by atoms with Crippen molar-refractivity contribution in [3.05, 3.63) is 35.4 Å². The van der Waals surface area contributed by atoms with Gasteiger partial charge in [-0.25, -0.2) is 0 Å². The third-order valence-electron chi connectivity index (χ3n) is 3.06. The summed E-state index contributed by atoms with van der Waals surface area (Å²) in [6.45, 7) is 5.69. The van der Waals surface area contributed by atoms with Crippen LogP contribution in [0.25, 0.3) is 0 Å². The minimum absolute atomic E-state index is 0.750. The van der Waals surface area contributed by atoms with Crippen molar-refractivity contribution in [2.45, 2.75) is 45.6 Å². The minimum Gasteiger partial charge on any atom is -0.314 e. The maximum Gasteiger partial charge on any atom is 0.00683 e. The highest BCUT2D eigenvalue weighted by molar-refractivity contribution is 5.24. The van der Waals surface area contributed by atoms with Crippen LogP contribution in [0.15, 0.2) is 24.3 Å². The van der Waals surface area contributed by atoms with Gasteiger partial charge in [0.05, 0.1) is 0 Å². The first-order valence-electron chi connectivity index (χ1n) is 6.55. The Hall–Kier alpha value is -0.820. The number of nitrogens with one attached hydrogen (secondary N) is 1. The Morgan fingerprint density at radius 1 is 1.25 bits per heavy atom. The quantitative estimate of drug-likeness (QED) is 0.771. The molecule has 1 aromatic carbocycles. The normalized spacial score (nSPS) is 15.7. The maximum atomic E-state index is 3.57. The lowest BCUT2D eigenvalue weighted by atomic mass is 10.00. The van der Waals surface area contributed by atoms with E-state index in [0.717, 1.165) is 18.5 Å². The highest BCUT2D eigenvalue weighted by Crippen LogP contribution is 2.18. The van der Waals surface area contributed by atoms with Crippen LogP contribution in [-0.4, -0.2) is 12.6 Å². The van der Waals surface area contributed by atoms with Gasteiger partial charge in [-0.3, -0.25) is 0 Å². The van der Waals surface area contributed by atoms with Gasteiger partial charge in [-0.1, -0.05) is 38.1 Å². The SMILES string of the molecule is CC(C)Cc1cccc(CCNC2CC2)c1. The number of benzene rings is 1. The molecule has 0 bridgehead atoms. The average molecular weight is 217 g/mol. The van der Waals surface area contributed by atoms with Crippen molar-refractivity contribution >= 4 is 0 Å². The van der Waals surface area contributed by atoms with Crippen molar-refractivity contribution in [3.63, 3.8) is 0 Å². The summed E-state index contributed by atoms with van der Waals surface area (Å²) in [7, 11) is 0. The molecule has 0 radical (unpaired) electrons. The molecule has 1 heteroatoms. The van der Waals surface area contributed by atoms with Gasteiger partial charge < -0.3 is 5.32 Å². The van der Waals surface area contributed by atoms with Gasteiger partial charge in [-0.05, 0) is 49.3 Å². The molecule has 88 valence electrons. The molecule has 0 aromatic heterocycles. The van der Waals surface area contributed by atoms with Crippen LogP contribution in [0.4, 0.5) is 0 Å². The standard InChI is InChI=1S/C15H23N/c1-12(2)10-14-5-3-4-13(11-14)8-9-16-15-6-7-15/h3-5,11-12,15-16H,6-10H2,1-2H3. The second-order valence-electron chi connectivity index (χ2n) is 5.40. The van der Waals surface area contributed by atoms with Crippen LogP contribution in [0, 0.1) is 5.92 Å². The van der Waals surface area contributed by atoms with Crippen LogP contribution >= 0.6 is 0 Å². The monoisotopic (exact) mass is 217 g/mol. The van der Waals surface area contributed by atoms with E-state index in [9.17, 15) is 0 Å². The van der Waals surface area contributed by atoms with Gasteiger partial charge in [0.1, 0.15) is 0 Å². The Bertz CT molecular complexity index is 326. The van der Waals surface area contributed by atoms with E-state index in [2.05, 4.69) is 43.4 Å². The molecule has 1 aliphatic carbocycles. The third-order valence-corrected chi connectivity index (χ3v) is 3.06. The molecule has 0 amide bonds. The summed E-state index contributed by atoms with van der Waals surface area (Å²) >= 11 is 0. The fourth-order valence-corrected chi connectivity index (χ4v) is 2.09. The molecular weight excluding hydrogens is 194 g/mol. The molecule has 16 heavy (non-hydrogen) atoms. The zero-order chi connectivity index (χ0) is 11.4. The number of rotatable bonds is 6. The first kappa shape index (κ1) is 11.7. The molecule has 0 saturated heterocycles. The zero-order valence-corrected chi connectivity index (χ0v) is 10.5. The van der Waals surface area contributed by atoms with Gasteiger partial charge in [-0.2, -0.15) is 0 Å². The van der Waals surface area contributed by atoms with Crippen LogP contribution in [0.1, 0.15) is 37.8 Å². The van der Waals surface area contributed by atoms with Crippen LogP contribution in [0.3, 0.4) is 0 Å². The lowest BCUT2D eigenvalue weighted by Gasteiger charge is -2.08. The third kappa shape index (κ3) is 3.97. The topological polar surface area (TPSA) is 12.0 Å². The number of hydrogen-bond donors (Lipinski definition) is 1. The Kier molecular flexibility index (Phi) is 4.00. The summed E-state index contributed by atoms with van der Waals surface area (Å²) in [4.78, 5) is 0. The largest absolute Gasteiger partial charge is 0.314 e. The van der Waals surface area contributed by atoms with Crippen molar-refractivity contribution in [3.8, 4) is 0 Å². The minimum atomic E-state index is 0.750. The fraction of sp³-hybridized carbons (Fsp3) is 0.600. The van der Waals surface area contributed by atoms with Gasteiger partial charge in [0, 0.05) is 6.04 Å². The molecule has 0 aliphatic heterocycles. The van der Waals surface area contributed by atoms with Crippen LogP contribution in [0.5, 0.6) is 0 Å². The predicted molar refractivity (Wildman–Crippen MR) is 69.7 cm³/mol. The molecular formula is C15H23N. The summed E-state index contributed by atoms with van der Waals surface area (Å²) in [5.41, 5.74) is 2.96. The summed E-state index contributed by atoms with van der Waals surface area (Å²) in [6.07, 6.45) is 5.13. The average Bonchev–Trinajstić information content (AvgIpc) is 3.01. The van der Waals surface area contributed by atoms with Gasteiger partial charge in [0.15, 0.2) is 0 Å². The van der Waals surface area contributed by atoms with E-state index in [4.69, 9.17) is 0 Å². The molecule has 1 aromatic rings. The lowest BCUT2D eigenvalue weighted by molar-refractivity contribution is 0.645. The Labute approximate surface area is 99.3 Å². The van der Waals surface area contributed by atoms with E-state index < -0.39 is 0 Å². The van der Waals surface area contributed by atoms with Crippen molar-refractivity contribution in [1.82, 2.24) is 5.32 Å². The summed E-state index contributed by atoms with van der Waals surface area (Å²) < 4.78 is 0. The highest BCUT2D eigenvalue weighted by Gasteiger charge is 2.19.